The average Bonchev–Trinajstić information content (AvgIpc) is 3.83. The minimum Gasteiger partial charge on any atom is -0.457 e. The van der Waals surface area contributed by atoms with Gasteiger partial charge in [0.25, 0.3) is 0 Å². The van der Waals surface area contributed by atoms with Crippen LogP contribution in [0.5, 0.6) is 11.5 Å². The van der Waals surface area contributed by atoms with Gasteiger partial charge in [-0.05, 0) is 54.6 Å². The lowest BCUT2D eigenvalue weighted by atomic mass is 10.1. The number of hydrogen-bond donors (Lipinski definition) is 0. The van der Waals surface area contributed by atoms with Gasteiger partial charge in [-0.25, -0.2) is 4.98 Å². The zero-order valence-corrected chi connectivity index (χ0v) is 25.9. The number of nitrogens with zero attached hydrogens (tertiary/aromatic N) is 7. The van der Waals surface area contributed by atoms with E-state index in [9.17, 15) is 0 Å². The van der Waals surface area contributed by atoms with Crippen molar-refractivity contribution in [3.63, 3.8) is 0 Å². The van der Waals surface area contributed by atoms with Crippen molar-refractivity contribution < 1.29 is 8.85 Å². The van der Waals surface area contributed by atoms with Crippen LogP contribution < -0.4 is 14.5 Å². The van der Waals surface area contributed by atoms with Crippen LogP contribution in [0.4, 0.5) is 17.1 Å². The molecule has 0 saturated carbocycles. The van der Waals surface area contributed by atoms with Crippen LogP contribution in [-0.2, 0) is 0 Å². The topological polar surface area (TPSA) is 63.2 Å². The highest BCUT2D eigenvalue weighted by molar-refractivity contribution is 6.24. The van der Waals surface area contributed by atoms with Crippen molar-refractivity contribution in [3.8, 4) is 11.5 Å². The van der Waals surface area contributed by atoms with E-state index in [0.29, 0.717) is 17.2 Å². The average molecular weight is 637 g/mol. The Kier molecular flexibility index (Phi) is 4.67. The molecule has 0 radical (unpaired) electrons. The predicted molar refractivity (Wildman–Crippen MR) is 198 cm³/mol. The number of anilines is 3. The molecule has 49 heavy (non-hydrogen) atoms. The molecule has 1 aliphatic heterocycles. The van der Waals surface area contributed by atoms with Gasteiger partial charge in [-0.3, -0.25) is 14.4 Å². The summed E-state index contributed by atoms with van der Waals surface area (Å²) in [6.07, 6.45) is 9.47. The lowest BCUT2D eigenvalue weighted by molar-refractivity contribution is 0.483. The van der Waals surface area contributed by atoms with Gasteiger partial charge in [0.05, 0.1) is 45.6 Å². The van der Waals surface area contributed by atoms with Gasteiger partial charge in [-0.2, -0.15) is 0 Å². The quantitative estimate of drug-likeness (QED) is 0.193. The second kappa shape index (κ2) is 9.68. The highest BCUT2D eigenvalue weighted by atomic mass is 16.5. The SMILES string of the molecule is [2H]C([2H])([2H])N1CN(c2cccc(Oc3ccc4c5cccc6c7cncc8c9cnccc9n(c9cccnc9n(c4c3)c56)c87)c2)c2ccccc21. The molecule has 0 spiro atoms. The summed E-state index contributed by atoms with van der Waals surface area (Å²) in [5.74, 6) is 1.30. The first-order valence-electron chi connectivity index (χ1n) is 17.6. The van der Waals surface area contributed by atoms with Gasteiger partial charge in [0.1, 0.15) is 11.5 Å². The molecule has 7 heterocycles. The van der Waals surface area contributed by atoms with E-state index in [0.717, 1.165) is 76.9 Å². The number of rotatable bonds is 3. The number of aromatic nitrogens is 5. The summed E-state index contributed by atoms with van der Waals surface area (Å²) in [5.41, 5.74) is 8.22. The number of hydrogen-bond acceptors (Lipinski definition) is 6. The van der Waals surface area contributed by atoms with E-state index in [1.165, 1.54) is 4.90 Å². The molecule has 0 fully saturated rings. The van der Waals surface area contributed by atoms with E-state index >= 15 is 0 Å². The first-order chi connectivity index (χ1) is 25.4. The smallest absolute Gasteiger partial charge is 0.162 e. The van der Waals surface area contributed by atoms with Crippen molar-refractivity contribution in [2.45, 2.75) is 0 Å². The summed E-state index contributed by atoms with van der Waals surface area (Å²) in [5, 5.41) is 6.35. The number of para-hydroxylation sites is 3. The van der Waals surface area contributed by atoms with Crippen LogP contribution in [0.2, 0.25) is 0 Å². The zero-order valence-electron chi connectivity index (χ0n) is 28.9. The van der Waals surface area contributed by atoms with Crippen LogP contribution in [0.1, 0.15) is 4.11 Å². The maximum Gasteiger partial charge on any atom is 0.162 e. The molecule has 1 aliphatic rings. The Balaban J connectivity index is 1.13. The molecule has 0 N–H and O–H groups in total. The Morgan fingerprint density at radius 1 is 0.592 bits per heavy atom. The first-order valence-corrected chi connectivity index (χ1v) is 16.1. The third-order valence-corrected chi connectivity index (χ3v) is 9.85. The molecule has 4 aromatic carbocycles. The summed E-state index contributed by atoms with van der Waals surface area (Å²) >= 11 is 0. The maximum atomic E-state index is 8.12. The van der Waals surface area contributed by atoms with Gasteiger partial charge in [-0.1, -0.05) is 36.4 Å². The van der Waals surface area contributed by atoms with Crippen molar-refractivity contribution in [2.24, 2.45) is 0 Å². The molecule has 10 aromatic rings. The molecule has 0 atom stereocenters. The summed E-state index contributed by atoms with van der Waals surface area (Å²) in [6.45, 7) is -2.06. The summed E-state index contributed by atoms with van der Waals surface area (Å²) < 4.78 is 35.5. The molecule has 8 heteroatoms. The third-order valence-electron chi connectivity index (χ3n) is 9.85. The predicted octanol–water partition coefficient (Wildman–Crippen LogP) is 9.48. The summed E-state index contributed by atoms with van der Waals surface area (Å²) in [6, 6.07) is 34.1. The summed E-state index contributed by atoms with van der Waals surface area (Å²) in [7, 11) is 0. The summed E-state index contributed by atoms with van der Waals surface area (Å²) in [4.78, 5) is 17.7. The van der Waals surface area contributed by atoms with Gasteiger partial charge < -0.3 is 18.9 Å². The van der Waals surface area contributed by atoms with Crippen LogP contribution in [0.15, 0.2) is 134 Å². The Morgan fingerprint density at radius 2 is 1.39 bits per heavy atom. The number of ether oxygens (including phenoxy) is 1. The molecule has 232 valence electrons. The number of pyridine rings is 3. The second-order valence-corrected chi connectivity index (χ2v) is 12.5. The second-order valence-electron chi connectivity index (χ2n) is 12.5. The maximum absolute atomic E-state index is 8.12. The van der Waals surface area contributed by atoms with Crippen LogP contribution in [0.25, 0.3) is 65.5 Å². The fourth-order valence-corrected chi connectivity index (χ4v) is 7.82. The molecule has 8 nitrogen and oxygen atoms in total. The van der Waals surface area contributed by atoms with Crippen molar-refractivity contribution in [1.29, 1.82) is 0 Å². The van der Waals surface area contributed by atoms with Gasteiger partial charge in [-0.15, -0.1) is 0 Å². The van der Waals surface area contributed by atoms with E-state index in [4.69, 9.17) is 18.8 Å². The normalized spacial score (nSPS) is 14.4. The van der Waals surface area contributed by atoms with Crippen LogP contribution in [0, 0.1) is 0 Å². The van der Waals surface area contributed by atoms with Crippen LogP contribution in [-0.4, -0.2) is 37.4 Å². The Hall–Kier alpha value is -6.67. The molecular weight excluding hydrogens is 606 g/mol. The Bertz CT molecular complexity index is 3110. The number of benzene rings is 4. The first kappa shape index (κ1) is 23.6. The van der Waals surface area contributed by atoms with Gasteiger partial charge in [0.15, 0.2) is 5.65 Å². The fourth-order valence-electron chi connectivity index (χ4n) is 7.82. The van der Waals surface area contributed by atoms with E-state index in [2.05, 4.69) is 50.2 Å². The van der Waals surface area contributed by atoms with Crippen molar-refractivity contribution in [1.82, 2.24) is 23.8 Å². The van der Waals surface area contributed by atoms with E-state index < -0.39 is 6.98 Å². The zero-order chi connectivity index (χ0) is 34.7. The van der Waals surface area contributed by atoms with Gasteiger partial charge >= 0.3 is 0 Å². The minimum absolute atomic E-state index is 0.207. The molecule has 0 aliphatic carbocycles. The minimum atomic E-state index is -2.27. The van der Waals surface area contributed by atoms with Crippen LogP contribution >= 0.6 is 0 Å². The monoisotopic (exact) mass is 636 g/mol. The molecule has 6 aromatic heterocycles. The van der Waals surface area contributed by atoms with Crippen molar-refractivity contribution in [3.05, 3.63) is 134 Å². The standard InChI is InChI=1S/C41H27N7O/c1-45-24-46(36-12-3-2-11-35(36)45)25-7-4-8-26(19-25)49-27-14-15-28-29-9-5-10-30-32-22-43-23-33-31-21-42-18-16-34(31)47(40(32)33)37-13-6-17-44-41(37)48(39(29)30)38(28)20-27/h2-23H,24H2,1H3/i1D3. The van der Waals surface area contributed by atoms with Crippen molar-refractivity contribution in [2.75, 3.05) is 23.4 Å². The van der Waals surface area contributed by atoms with Gasteiger partial charge in [0.2, 0.25) is 0 Å². The van der Waals surface area contributed by atoms with E-state index in [1.807, 2.05) is 103 Å². The molecule has 0 unspecified atom stereocenters. The molecule has 11 rings (SSSR count). The van der Waals surface area contributed by atoms with E-state index in [1.54, 1.807) is 0 Å². The molecule has 0 bridgehead atoms. The fraction of sp³-hybridized carbons (Fsp3) is 0.0488. The lowest BCUT2D eigenvalue weighted by Gasteiger charge is -2.20. The molecule has 0 saturated heterocycles. The third kappa shape index (κ3) is 3.60. The molecule has 0 amide bonds. The van der Waals surface area contributed by atoms with Gasteiger partial charge in [0, 0.05) is 92.2 Å². The van der Waals surface area contributed by atoms with E-state index in [-0.39, 0.29) is 6.67 Å². The largest absolute Gasteiger partial charge is 0.457 e. The molecular formula is C41H27N7O. The Morgan fingerprint density at radius 3 is 2.31 bits per heavy atom. The highest BCUT2D eigenvalue weighted by Crippen LogP contribution is 2.42. The Labute approximate surface area is 283 Å². The number of fused-ring (bicyclic) bond motifs is 11. The van der Waals surface area contributed by atoms with Crippen LogP contribution in [0.3, 0.4) is 0 Å². The highest BCUT2D eigenvalue weighted by Gasteiger charge is 2.24. The van der Waals surface area contributed by atoms with Crippen molar-refractivity contribution >= 4 is 82.6 Å². The lowest BCUT2D eigenvalue weighted by Crippen LogP contribution is -2.23.